The molecule has 0 saturated heterocycles. The quantitative estimate of drug-likeness (QED) is 0.372. The fraction of sp³-hybridized carbons (Fsp3) is 0.400. The van der Waals surface area contributed by atoms with Crippen LogP contribution >= 0.6 is 0 Å². The molecule has 0 amide bonds. The minimum absolute atomic E-state index is 0.244. The van der Waals surface area contributed by atoms with E-state index in [1.165, 1.54) is 12.3 Å². The Morgan fingerprint density at radius 1 is 1.71 bits per heavy atom. The Kier molecular flexibility index (Phi) is 4.89. The van der Waals surface area contributed by atoms with E-state index in [0.29, 0.717) is 6.54 Å². The average Bonchev–Trinajstić information content (AvgIpc) is 1.69. The maximum atomic E-state index is 6.58. The summed E-state index contributed by atoms with van der Waals surface area (Å²) in [7, 11) is 0. The van der Waals surface area contributed by atoms with Crippen LogP contribution in [0.1, 0.15) is 0 Å². The van der Waals surface area contributed by atoms with Crippen molar-refractivity contribution in [2.75, 3.05) is 13.1 Å². The van der Waals surface area contributed by atoms with Gasteiger partial charge in [0.15, 0.2) is 0 Å². The van der Waals surface area contributed by atoms with Crippen molar-refractivity contribution in [2.45, 2.75) is 0 Å². The maximum Gasteiger partial charge on any atom is 0.0247 e. The first-order chi connectivity index (χ1) is 3.41. The van der Waals surface area contributed by atoms with Gasteiger partial charge in [-0.2, -0.15) is 0 Å². The molecule has 7 heavy (non-hydrogen) atoms. The molecule has 0 unspecified atom stereocenters. The Hall–Kier alpha value is -0.630. The van der Waals surface area contributed by atoms with Crippen molar-refractivity contribution in [2.24, 2.45) is 4.99 Å². The van der Waals surface area contributed by atoms with E-state index in [1.807, 2.05) is 0 Å². The molecule has 0 fully saturated rings. The Balaban J connectivity index is 2.92. The van der Waals surface area contributed by atoms with E-state index in [9.17, 15) is 0 Å². The summed E-state index contributed by atoms with van der Waals surface area (Å²) >= 11 is 0. The molecule has 0 aromatic heterocycles. The van der Waals surface area contributed by atoms with Crippen LogP contribution in [0.3, 0.4) is 0 Å². The summed E-state index contributed by atoms with van der Waals surface area (Å²) in [6, 6.07) is 0. The smallest absolute Gasteiger partial charge is 0.0247 e. The van der Waals surface area contributed by atoms with Crippen molar-refractivity contribution in [3.05, 3.63) is 18.4 Å². The van der Waals surface area contributed by atoms with Gasteiger partial charge >= 0.3 is 0 Å². The fourth-order valence-corrected chi connectivity index (χ4v) is 0.200. The summed E-state index contributed by atoms with van der Waals surface area (Å²) in [6.45, 7) is 5.74. The van der Waals surface area contributed by atoms with Crippen LogP contribution in [-0.2, 0) is 0 Å². The lowest BCUT2D eigenvalue weighted by atomic mass is 10.6. The van der Waals surface area contributed by atoms with Gasteiger partial charge in [-0.05, 0) is 6.21 Å². The summed E-state index contributed by atoms with van der Waals surface area (Å²) < 4.78 is 0. The monoisotopic (exact) mass is 96.1 g/mol. The minimum atomic E-state index is 0.244. The number of rotatable bonds is 3. The topological polar surface area (TPSA) is 36.2 Å². The number of nitrogens with zero attached hydrogens (tertiary/aromatic N) is 1. The maximum absolute atomic E-state index is 6.58. The lowest BCUT2D eigenvalue weighted by Gasteiger charge is -1.87. The van der Waals surface area contributed by atoms with Gasteiger partial charge in [-0.3, -0.25) is 11.1 Å². The fourth-order valence-electron chi connectivity index (χ4n) is 0.200. The normalized spacial score (nSPS) is 9.86. The molecule has 0 rings (SSSR count). The van der Waals surface area contributed by atoms with E-state index in [1.54, 1.807) is 0 Å². The van der Waals surface area contributed by atoms with Crippen LogP contribution in [0.4, 0.5) is 0 Å². The Morgan fingerprint density at radius 2 is 2.43 bits per heavy atom. The first kappa shape index (κ1) is 6.37. The van der Waals surface area contributed by atoms with Crippen LogP contribution in [0.25, 0.3) is 5.73 Å². The van der Waals surface area contributed by atoms with Gasteiger partial charge in [0.1, 0.15) is 0 Å². The first-order valence-electron chi connectivity index (χ1n) is 2.08. The van der Waals surface area contributed by atoms with Gasteiger partial charge in [0, 0.05) is 6.54 Å². The van der Waals surface area contributed by atoms with E-state index in [2.05, 4.69) is 4.99 Å². The molecule has 0 radical (unpaired) electrons. The summed E-state index contributed by atoms with van der Waals surface area (Å²) in [5.41, 5.74) is 6.58. The number of hydrogen-bond acceptors (Lipinski definition) is 1. The lowest BCUT2D eigenvalue weighted by Crippen LogP contribution is -1.76. The predicted molar refractivity (Wildman–Crippen MR) is 31.4 cm³/mol. The second-order valence-corrected chi connectivity index (χ2v) is 0.988. The van der Waals surface area contributed by atoms with E-state index in [4.69, 9.17) is 12.3 Å². The highest BCUT2D eigenvalue weighted by Gasteiger charge is 1.54. The molecule has 0 aliphatic heterocycles. The van der Waals surface area contributed by atoms with Gasteiger partial charge in [0.25, 0.3) is 0 Å². The zero-order valence-electron chi connectivity index (χ0n) is 4.09. The Morgan fingerprint density at radius 3 is 2.86 bits per heavy atom. The molecule has 0 spiro atoms. The molecule has 0 aromatic carbocycles. The van der Waals surface area contributed by atoms with Crippen LogP contribution in [0, 0.1) is 6.58 Å². The summed E-state index contributed by atoms with van der Waals surface area (Å²) in [4.78, 5) is 3.72. The molecule has 0 heterocycles. The standard InChI is InChI=1S/C5H8N2/c1-2-4-7-5-3-6/h1-2,5-6H,3-4H2/q-2. The molecule has 0 saturated carbocycles. The van der Waals surface area contributed by atoms with E-state index in [0.717, 1.165) is 0 Å². The second-order valence-electron chi connectivity index (χ2n) is 0.988. The minimum Gasteiger partial charge on any atom is -0.673 e. The highest BCUT2D eigenvalue weighted by Crippen LogP contribution is 1.66. The van der Waals surface area contributed by atoms with E-state index in [-0.39, 0.29) is 6.54 Å². The van der Waals surface area contributed by atoms with Crippen LogP contribution in [0.15, 0.2) is 11.1 Å². The molecular weight excluding hydrogens is 88.1 g/mol. The number of aliphatic imine (C=N–C) groups is 1. The molecule has 2 nitrogen and oxygen atoms in total. The third-order valence-corrected chi connectivity index (χ3v) is 0.431. The summed E-state index contributed by atoms with van der Waals surface area (Å²) in [5, 5.41) is 0. The van der Waals surface area contributed by atoms with Gasteiger partial charge in [-0.15, -0.1) is 6.54 Å². The van der Waals surface area contributed by atoms with Gasteiger partial charge < -0.3 is 12.3 Å². The van der Waals surface area contributed by atoms with Crippen molar-refractivity contribution in [3.8, 4) is 0 Å². The van der Waals surface area contributed by atoms with Crippen LogP contribution in [0.5, 0.6) is 0 Å². The van der Waals surface area contributed by atoms with E-state index < -0.39 is 0 Å². The second kappa shape index (κ2) is 5.37. The molecule has 0 atom stereocenters. The predicted octanol–water partition coefficient (Wildman–Crippen LogP) is 1.10. The molecule has 0 aromatic rings. The molecule has 40 valence electrons. The molecule has 1 N–H and O–H groups in total. The van der Waals surface area contributed by atoms with Gasteiger partial charge in [0.2, 0.25) is 0 Å². The summed E-state index contributed by atoms with van der Waals surface area (Å²) in [6.07, 6.45) is 2.97. The molecule has 2 heteroatoms. The van der Waals surface area contributed by atoms with Crippen molar-refractivity contribution in [1.29, 1.82) is 0 Å². The van der Waals surface area contributed by atoms with Crippen molar-refractivity contribution in [3.63, 3.8) is 0 Å². The Labute approximate surface area is 43.7 Å². The molecule has 0 bridgehead atoms. The zero-order chi connectivity index (χ0) is 5.54. The highest BCUT2D eigenvalue weighted by atomic mass is 14.7. The van der Waals surface area contributed by atoms with Crippen LogP contribution in [0.2, 0.25) is 0 Å². The number of nitrogens with one attached hydrogen (secondary N) is 1. The van der Waals surface area contributed by atoms with Crippen molar-refractivity contribution in [1.82, 2.24) is 0 Å². The van der Waals surface area contributed by atoms with Crippen molar-refractivity contribution >= 4 is 6.21 Å². The summed E-state index contributed by atoms with van der Waals surface area (Å²) in [5.74, 6) is 0. The largest absolute Gasteiger partial charge is 0.673 e. The van der Waals surface area contributed by atoms with Gasteiger partial charge in [-0.25, -0.2) is 0 Å². The van der Waals surface area contributed by atoms with Crippen molar-refractivity contribution < 1.29 is 0 Å². The molecule has 0 aliphatic rings. The third-order valence-electron chi connectivity index (χ3n) is 0.431. The number of hydrogen-bond donors (Lipinski definition) is 0. The van der Waals surface area contributed by atoms with Gasteiger partial charge in [-0.1, -0.05) is 0 Å². The van der Waals surface area contributed by atoms with Crippen LogP contribution < -0.4 is 0 Å². The molecular formula is C5H8N2-2. The lowest BCUT2D eigenvalue weighted by molar-refractivity contribution is 1.25. The van der Waals surface area contributed by atoms with Crippen LogP contribution in [-0.4, -0.2) is 19.3 Å². The SMILES string of the molecule is [CH-]=CCN=CC[NH-]. The first-order valence-corrected chi connectivity index (χ1v) is 2.08. The van der Waals surface area contributed by atoms with Gasteiger partial charge in [0.05, 0.1) is 0 Å². The van der Waals surface area contributed by atoms with E-state index >= 15 is 0 Å². The zero-order valence-corrected chi connectivity index (χ0v) is 4.09. The molecule has 0 aliphatic carbocycles. The average molecular weight is 96.1 g/mol. The third kappa shape index (κ3) is 5.37. The highest BCUT2D eigenvalue weighted by molar-refractivity contribution is 5.61. The Bertz CT molecular complexity index is 66.5.